The highest BCUT2D eigenvalue weighted by molar-refractivity contribution is 14.1. The van der Waals surface area contributed by atoms with E-state index in [0.717, 1.165) is 12.1 Å². The van der Waals surface area contributed by atoms with Crippen LogP contribution in [0, 0.1) is 3.57 Å². The third kappa shape index (κ3) is 2.84. The highest BCUT2D eigenvalue weighted by atomic mass is 127. The van der Waals surface area contributed by atoms with E-state index in [1.807, 2.05) is 0 Å². The topological polar surface area (TPSA) is 17.1 Å². The van der Waals surface area contributed by atoms with Gasteiger partial charge in [-0.3, -0.25) is 4.79 Å². The van der Waals surface area contributed by atoms with Crippen molar-refractivity contribution in [2.45, 2.75) is 13.1 Å². The Kier molecular flexibility index (Phi) is 3.65. The van der Waals surface area contributed by atoms with Crippen molar-refractivity contribution in [3.05, 3.63) is 31.9 Å². The Labute approximate surface area is 103 Å². The minimum Gasteiger partial charge on any atom is -0.294 e. The lowest BCUT2D eigenvalue weighted by Gasteiger charge is -2.11. The average Bonchev–Trinajstić information content (AvgIpc) is 2.00. The van der Waals surface area contributed by atoms with Gasteiger partial charge in [0.1, 0.15) is 0 Å². The molecule has 0 aliphatic carbocycles. The molecule has 0 radical (unpaired) electrons. The molecule has 0 saturated carbocycles. The lowest BCUT2D eigenvalue weighted by Crippen LogP contribution is -2.09. The summed E-state index contributed by atoms with van der Waals surface area (Å²) in [7, 11) is 0. The fourth-order valence-corrected chi connectivity index (χ4v) is 2.34. The number of benzene rings is 1. The first kappa shape index (κ1) is 12.8. The molecule has 0 aromatic heterocycles. The number of carbonyl (C=O) groups is 1. The van der Waals surface area contributed by atoms with E-state index >= 15 is 0 Å². The molecular formula is C9H5ClF3IO. The Morgan fingerprint density at radius 2 is 1.93 bits per heavy atom. The van der Waals surface area contributed by atoms with Gasteiger partial charge in [0.05, 0.1) is 10.6 Å². The summed E-state index contributed by atoms with van der Waals surface area (Å²) < 4.78 is 37.7. The second-order valence-corrected chi connectivity index (χ2v) is 4.44. The molecule has 1 aromatic rings. The number of carbonyl (C=O) groups excluding carboxylic acids is 1. The SMILES string of the molecule is CC(=O)c1cc(C(F)(F)F)c(Cl)cc1I. The molecule has 6 heteroatoms. The van der Waals surface area contributed by atoms with Crippen LogP contribution >= 0.6 is 34.2 Å². The second kappa shape index (κ2) is 4.29. The molecule has 0 bridgehead atoms. The van der Waals surface area contributed by atoms with Crippen molar-refractivity contribution in [1.82, 2.24) is 0 Å². The fraction of sp³-hybridized carbons (Fsp3) is 0.222. The van der Waals surface area contributed by atoms with Gasteiger partial charge in [-0.15, -0.1) is 0 Å². The predicted molar refractivity (Wildman–Crippen MR) is 59.2 cm³/mol. The third-order valence-corrected chi connectivity index (χ3v) is 2.95. The lowest BCUT2D eigenvalue weighted by atomic mass is 10.1. The summed E-state index contributed by atoms with van der Waals surface area (Å²) in [6.45, 7) is 1.21. The third-order valence-electron chi connectivity index (χ3n) is 1.74. The fourth-order valence-electron chi connectivity index (χ4n) is 1.04. The molecule has 15 heavy (non-hydrogen) atoms. The first-order valence-electron chi connectivity index (χ1n) is 3.80. The van der Waals surface area contributed by atoms with Gasteiger partial charge >= 0.3 is 6.18 Å². The van der Waals surface area contributed by atoms with Crippen LogP contribution in [0.2, 0.25) is 5.02 Å². The van der Waals surface area contributed by atoms with Gasteiger partial charge < -0.3 is 0 Å². The van der Waals surface area contributed by atoms with Gasteiger partial charge in [0, 0.05) is 9.13 Å². The maximum Gasteiger partial charge on any atom is 0.417 e. The van der Waals surface area contributed by atoms with E-state index in [1.165, 1.54) is 6.92 Å². The maximum absolute atomic E-state index is 12.4. The van der Waals surface area contributed by atoms with Gasteiger partial charge in [-0.1, -0.05) is 11.6 Å². The zero-order valence-electron chi connectivity index (χ0n) is 7.45. The average molecular weight is 348 g/mol. The van der Waals surface area contributed by atoms with Crippen molar-refractivity contribution < 1.29 is 18.0 Å². The molecule has 0 N–H and O–H groups in total. The molecule has 1 aromatic carbocycles. The predicted octanol–water partition coefficient (Wildman–Crippen LogP) is 4.17. The van der Waals surface area contributed by atoms with E-state index in [2.05, 4.69) is 0 Å². The Morgan fingerprint density at radius 1 is 1.40 bits per heavy atom. The van der Waals surface area contributed by atoms with Crippen LogP contribution in [-0.4, -0.2) is 5.78 Å². The van der Waals surface area contributed by atoms with Crippen LogP contribution in [-0.2, 0) is 6.18 Å². The first-order chi connectivity index (χ1) is 6.73. The van der Waals surface area contributed by atoms with Crippen molar-refractivity contribution >= 4 is 40.0 Å². The van der Waals surface area contributed by atoms with Crippen molar-refractivity contribution in [2.24, 2.45) is 0 Å². The summed E-state index contributed by atoms with van der Waals surface area (Å²) in [5, 5.41) is -0.392. The van der Waals surface area contributed by atoms with Gasteiger partial charge in [0.15, 0.2) is 5.78 Å². The Morgan fingerprint density at radius 3 is 2.33 bits per heavy atom. The highest BCUT2D eigenvalue weighted by Crippen LogP contribution is 2.36. The van der Waals surface area contributed by atoms with E-state index in [0.29, 0.717) is 3.57 Å². The van der Waals surface area contributed by atoms with E-state index in [-0.39, 0.29) is 5.56 Å². The molecule has 0 amide bonds. The zero-order chi connectivity index (χ0) is 11.8. The summed E-state index contributed by atoms with van der Waals surface area (Å²) in [4.78, 5) is 11.0. The molecule has 1 nitrogen and oxygen atoms in total. The summed E-state index contributed by atoms with van der Waals surface area (Å²) >= 11 is 7.23. The van der Waals surface area contributed by atoms with Gasteiger partial charge in [0.25, 0.3) is 0 Å². The Bertz CT molecular complexity index is 415. The van der Waals surface area contributed by atoms with E-state index in [4.69, 9.17) is 11.6 Å². The van der Waals surface area contributed by atoms with Crippen LogP contribution in [0.5, 0.6) is 0 Å². The molecule has 0 saturated heterocycles. The van der Waals surface area contributed by atoms with Crippen LogP contribution in [0.15, 0.2) is 12.1 Å². The minimum absolute atomic E-state index is 0.0346. The quantitative estimate of drug-likeness (QED) is 0.550. The standard InChI is InChI=1S/C9H5ClF3IO/c1-4(15)5-2-6(9(11,12)13)7(10)3-8(5)14/h2-3H,1H3. The van der Waals surface area contributed by atoms with Crippen molar-refractivity contribution in [3.63, 3.8) is 0 Å². The largest absolute Gasteiger partial charge is 0.417 e. The number of rotatable bonds is 1. The van der Waals surface area contributed by atoms with Crippen LogP contribution < -0.4 is 0 Å². The number of hydrogen-bond acceptors (Lipinski definition) is 1. The van der Waals surface area contributed by atoms with Crippen molar-refractivity contribution in [1.29, 1.82) is 0 Å². The second-order valence-electron chi connectivity index (χ2n) is 2.87. The molecular weight excluding hydrogens is 343 g/mol. The monoisotopic (exact) mass is 348 g/mol. The minimum atomic E-state index is -4.54. The van der Waals surface area contributed by atoms with Crippen LogP contribution in [0.3, 0.4) is 0 Å². The number of hydrogen-bond donors (Lipinski definition) is 0. The lowest BCUT2D eigenvalue weighted by molar-refractivity contribution is -0.137. The van der Waals surface area contributed by atoms with Gasteiger partial charge in [-0.05, 0) is 41.6 Å². The highest BCUT2D eigenvalue weighted by Gasteiger charge is 2.34. The van der Waals surface area contributed by atoms with E-state index in [1.54, 1.807) is 22.6 Å². The van der Waals surface area contributed by atoms with Gasteiger partial charge in [0.2, 0.25) is 0 Å². The molecule has 0 unspecified atom stereocenters. The van der Waals surface area contributed by atoms with Crippen molar-refractivity contribution in [2.75, 3.05) is 0 Å². The molecule has 0 aliphatic rings. The van der Waals surface area contributed by atoms with Crippen LogP contribution in [0.1, 0.15) is 22.8 Å². The molecule has 0 fully saturated rings. The summed E-state index contributed by atoms with van der Waals surface area (Å²) in [5.41, 5.74) is -0.942. The van der Waals surface area contributed by atoms with Crippen molar-refractivity contribution in [3.8, 4) is 0 Å². The molecule has 0 heterocycles. The maximum atomic E-state index is 12.4. The normalized spacial score (nSPS) is 11.6. The summed E-state index contributed by atoms with van der Waals surface area (Å²) in [6, 6.07) is 1.92. The Hall–Kier alpha value is -0.300. The zero-order valence-corrected chi connectivity index (χ0v) is 10.4. The number of alkyl halides is 3. The van der Waals surface area contributed by atoms with Crippen LogP contribution in [0.25, 0.3) is 0 Å². The van der Waals surface area contributed by atoms with Crippen LogP contribution in [0.4, 0.5) is 13.2 Å². The van der Waals surface area contributed by atoms with E-state index < -0.39 is 22.5 Å². The van der Waals surface area contributed by atoms with E-state index in [9.17, 15) is 18.0 Å². The first-order valence-corrected chi connectivity index (χ1v) is 5.26. The molecule has 0 aliphatic heterocycles. The molecule has 82 valence electrons. The summed E-state index contributed by atoms with van der Waals surface area (Å²) in [5.74, 6) is -0.415. The molecule has 1 rings (SSSR count). The number of halogens is 5. The Balaban J connectivity index is 3.43. The number of Topliss-reactive ketones (excluding diaryl/α,β-unsaturated/α-hetero) is 1. The molecule has 0 atom stereocenters. The van der Waals surface area contributed by atoms with Gasteiger partial charge in [-0.25, -0.2) is 0 Å². The number of ketones is 1. The molecule has 0 spiro atoms. The van der Waals surface area contributed by atoms with Gasteiger partial charge in [-0.2, -0.15) is 13.2 Å². The summed E-state index contributed by atoms with van der Waals surface area (Å²) in [6.07, 6.45) is -4.54. The smallest absolute Gasteiger partial charge is 0.294 e.